The molecular formula is C12H20N4. The first-order chi connectivity index (χ1) is 7.43. The summed E-state index contributed by atoms with van der Waals surface area (Å²) >= 11 is 0. The second kappa shape index (κ2) is 5.13. The van der Waals surface area contributed by atoms with Crippen molar-refractivity contribution in [2.75, 3.05) is 6.54 Å². The molecule has 1 atom stereocenters. The SMILES string of the molecule is CC(C#N)CNCc1cnn(C(C)(C)C)c1. The molecule has 0 amide bonds. The third-order valence-electron chi connectivity index (χ3n) is 2.32. The first kappa shape index (κ1) is 12.7. The molecule has 0 saturated heterocycles. The van der Waals surface area contributed by atoms with Gasteiger partial charge in [-0.1, -0.05) is 0 Å². The number of nitrogens with one attached hydrogen (secondary N) is 1. The molecule has 1 N–H and O–H groups in total. The molecule has 4 nitrogen and oxygen atoms in total. The van der Waals surface area contributed by atoms with Crippen molar-refractivity contribution in [3.05, 3.63) is 18.0 Å². The number of hydrogen-bond donors (Lipinski definition) is 1. The number of nitrogens with zero attached hydrogens (tertiary/aromatic N) is 3. The molecule has 0 spiro atoms. The van der Waals surface area contributed by atoms with Crippen molar-refractivity contribution < 1.29 is 0 Å². The minimum absolute atomic E-state index is 0.0260. The fourth-order valence-electron chi connectivity index (χ4n) is 1.30. The molecule has 0 fully saturated rings. The minimum Gasteiger partial charge on any atom is -0.311 e. The van der Waals surface area contributed by atoms with E-state index in [0.717, 1.165) is 18.7 Å². The van der Waals surface area contributed by atoms with Crippen LogP contribution in [-0.2, 0) is 12.1 Å². The molecule has 1 aromatic heterocycles. The molecule has 0 aliphatic heterocycles. The van der Waals surface area contributed by atoms with Gasteiger partial charge in [0, 0.05) is 24.8 Å². The Balaban J connectivity index is 2.45. The Morgan fingerprint density at radius 1 is 1.56 bits per heavy atom. The second-order valence-electron chi connectivity index (χ2n) is 5.13. The van der Waals surface area contributed by atoms with E-state index in [-0.39, 0.29) is 11.5 Å². The average Bonchev–Trinajstić information content (AvgIpc) is 2.65. The lowest BCUT2D eigenvalue weighted by molar-refractivity contribution is 0.355. The molecule has 0 aliphatic carbocycles. The van der Waals surface area contributed by atoms with Crippen molar-refractivity contribution in [1.82, 2.24) is 15.1 Å². The summed E-state index contributed by atoms with van der Waals surface area (Å²) in [7, 11) is 0. The third kappa shape index (κ3) is 3.67. The van der Waals surface area contributed by atoms with E-state index in [2.05, 4.69) is 37.3 Å². The lowest BCUT2D eigenvalue weighted by Gasteiger charge is -2.18. The standard InChI is InChI=1S/C12H20N4/c1-10(5-13)6-14-7-11-8-15-16(9-11)12(2,3)4/h8-10,14H,6-7H2,1-4H3. The molecule has 1 rings (SSSR count). The van der Waals surface area contributed by atoms with Gasteiger partial charge in [-0.2, -0.15) is 10.4 Å². The largest absolute Gasteiger partial charge is 0.311 e. The molecule has 1 unspecified atom stereocenters. The van der Waals surface area contributed by atoms with Gasteiger partial charge in [-0.25, -0.2) is 0 Å². The Morgan fingerprint density at radius 2 is 2.25 bits per heavy atom. The molecule has 0 bridgehead atoms. The Morgan fingerprint density at radius 3 is 2.75 bits per heavy atom. The normalized spacial score (nSPS) is 13.4. The van der Waals surface area contributed by atoms with Crippen LogP contribution in [0.1, 0.15) is 33.3 Å². The van der Waals surface area contributed by atoms with E-state index in [4.69, 9.17) is 5.26 Å². The van der Waals surface area contributed by atoms with Gasteiger partial charge in [0.15, 0.2) is 0 Å². The van der Waals surface area contributed by atoms with Crippen LogP contribution in [0.5, 0.6) is 0 Å². The van der Waals surface area contributed by atoms with Crippen molar-refractivity contribution >= 4 is 0 Å². The van der Waals surface area contributed by atoms with E-state index in [1.165, 1.54) is 0 Å². The summed E-state index contributed by atoms with van der Waals surface area (Å²) in [6, 6.07) is 2.20. The summed E-state index contributed by atoms with van der Waals surface area (Å²) in [6.07, 6.45) is 3.92. The smallest absolute Gasteiger partial charge is 0.0666 e. The fraction of sp³-hybridized carbons (Fsp3) is 0.667. The molecule has 0 aromatic carbocycles. The van der Waals surface area contributed by atoms with Gasteiger partial charge in [0.25, 0.3) is 0 Å². The Bertz CT molecular complexity index is 367. The average molecular weight is 220 g/mol. The number of hydrogen-bond acceptors (Lipinski definition) is 3. The molecule has 4 heteroatoms. The van der Waals surface area contributed by atoms with E-state index in [1.54, 1.807) is 0 Å². The summed E-state index contributed by atoms with van der Waals surface area (Å²) in [5, 5.41) is 16.2. The van der Waals surface area contributed by atoms with Gasteiger partial charge < -0.3 is 5.32 Å². The van der Waals surface area contributed by atoms with Crippen molar-refractivity contribution in [3.8, 4) is 6.07 Å². The Kier molecular flexibility index (Phi) is 4.08. The third-order valence-corrected chi connectivity index (χ3v) is 2.32. The van der Waals surface area contributed by atoms with Crippen molar-refractivity contribution in [2.24, 2.45) is 5.92 Å². The zero-order valence-electron chi connectivity index (χ0n) is 10.5. The molecule has 0 aliphatic rings. The van der Waals surface area contributed by atoms with E-state index >= 15 is 0 Å². The Hall–Kier alpha value is -1.34. The van der Waals surface area contributed by atoms with Crippen LogP contribution < -0.4 is 5.32 Å². The topological polar surface area (TPSA) is 53.6 Å². The Labute approximate surface area is 97.3 Å². The van der Waals surface area contributed by atoms with Crippen LogP contribution in [0.2, 0.25) is 0 Å². The zero-order valence-corrected chi connectivity index (χ0v) is 10.5. The quantitative estimate of drug-likeness (QED) is 0.843. The molecule has 88 valence electrons. The summed E-state index contributed by atoms with van der Waals surface area (Å²) in [6.45, 7) is 9.75. The monoisotopic (exact) mass is 220 g/mol. The summed E-state index contributed by atoms with van der Waals surface area (Å²) < 4.78 is 1.96. The highest BCUT2D eigenvalue weighted by Crippen LogP contribution is 2.12. The van der Waals surface area contributed by atoms with Crippen LogP contribution in [-0.4, -0.2) is 16.3 Å². The maximum atomic E-state index is 8.64. The maximum Gasteiger partial charge on any atom is 0.0666 e. The predicted molar refractivity (Wildman–Crippen MR) is 63.7 cm³/mol. The molecular weight excluding hydrogens is 200 g/mol. The van der Waals surface area contributed by atoms with E-state index in [9.17, 15) is 0 Å². The van der Waals surface area contributed by atoms with E-state index in [0.29, 0.717) is 0 Å². The highest BCUT2D eigenvalue weighted by atomic mass is 15.3. The number of nitriles is 1. The van der Waals surface area contributed by atoms with Crippen LogP contribution in [0.3, 0.4) is 0 Å². The van der Waals surface area contributed by atoms with Crippen LogP contribution in [0, 0.1) is 17.2 Å². The lowest BCUT2D eigenvalue weighted by Crippen LogP contribution is -2.22. The molecule has 16 heavy (non-hydrogen) atoms. The highest BCUT2D eigenvalue weighted by Gasteiger charge is 2.13. The van der Waals surface area contributed by atoms with Crippen molar-refractivity contribution in [3.63, 3.8) is 0 Å². The van der Waals surface area contributed by atoms with Crippen molar-refractivity contribution in [2.45, 2.75) is 39.8 Å². The van der Waals surface area contributed by atoms with Gasteiger partial charge in [-0.05, 0) is 27.7 Å². The van der Waals surface area contributed by atoms with Gasteiger partial charge in [0.1, 0.15) is 0 Å². The summed E-state index contributed by atoms with van der Waals surface area (Å²) in [4.78, 5) is 0. The predicted octanol–water partition coefficient (Wildman–Crippen LogP) is 1.89. The van der Waals surface area contributed by atoms with Gasteiger partial charge in [-0.15, -0.1) is 0 Å². The maximum absolute atomic E-state index is 8.64. The number of rotatable bonds is 4. The van der Waals surface area contributed by atoms with Gasteiger partial charge in [0.2, 0.25) is 0 Å². The van der Waals surface area contributed by atoms with Gasteiger partial charge in [0.05, 0.1) is 23.7 Å². The number of aromatic nitrogens is 2. The summed E-state index contributed by atoms with van der Waals surface area (Å²) in [5.74, 6) is 0.0534. The highest BCUT2D eigenvalue weighted by molar-refractivity contribution is 5.04. The van der Waals surface area contributed by atoms with Crippen molar-refractivity contribution in [1.29, 1.82) is 5.26 Å². The molecule has 1 aromatic rings. The second-order valence-corrected chi connectivity index (χ2v) is 5.13. The van der Waals surface area contributed by atoms with Gasteiger partial charge >= 0.3 is 0 Å². The first-order valence-corrected chi connectivity index (χ1v) is 5.58. The molecule has 1 heterocycles. The lowest BCUT2D eigenvalue weighted by atomic mass is 10.1. The van der Waals surface area contributed by atoms with Crippen LogP contribution in [0.15, 0.2) is 12.4 Å². The zero-order chi connectivity index (χ0) is 12.2. The minimum atomic E-state index is 0.0260. The molecule has 0 saturated carbocycles. The fourth-order valence-corrected chi connectivity index (χ4v) is 1.30. The van der Waals surface area contributed by atoms with Gasteiger partial charge in [-0.3, -0.25) is 4.68 Å². The first-order valence-electron chi connectivity index (χ1n) is 5.58. The van der Waals surface area contributed by atoms with E-state index in [1.807, 2.05) is 24.0 Å². The van der Waals surface area contributed by atoms with Crippen LogP contribution in [0.4, 0.5) is 0 Å². The van der Waals surface area contributed by atoms with Crippen LogP contribution in [0.25, 0.3) is 0 Å². The van der Waals surface area contributed by atoms with E-state index < -0.39 is 0 Å². The summed E-state index contributed by atoms with van der Waals surface area (Å²) in [5.41, 5.74) is 1.18. The van der Waals surface area contributed by atoms with Crippen LogP contribution >= 0.6 is 0 Å². The molecule has 0 radical (unpaired) electrons.